The Kier molecular flexibility index (Phi) is 4.36. The molecular weight excluding hydrogens is 305 g/mol. The number of anilines is 2. The first kappa shape index (κ1) is 15.9. The van der Waals surface area contributed by atoms with E-state index in [1.165, 1.54) is 4.31 Å². The van der Waals surface area contributed by atoms with Crippen molar-refractivity contribution in [3.63, 3.8) is 0 Å². The normalized spacial score (nSPS) is 15.9. The number of fused-ring (bicyclic) bond motifs is 1. The summed E-state index contributed by atoms with van der Waals surface area (Å²) < 4.78 is 62.1. The molecule has 0 spiro atoms. The van der Waals surface area contributed by atoms with Crippen molar-refractivity contribution in [2.24, 2.45) is 0 Å². The second-order valence-electron chi connectivity index (χ2n) is 5.10. The van der Waals surface area contributed by atoms with E-state index in [-0.39, 0.29) is 0 Å². The number of halogens is 3. The molecule has 21 heavy (non-hydrogen) atoms. The fourth-order valence-electron chi connectivity index (χ4n) is 2.44. The number of hydrogen-bond donors (Lipinski definition) is 1. The van der Waals surface area contributed by atoms with Gasteiger partial charge in [0.2, 0.25) is 10.0 Å². The molecule has 0 aliphatic carbocycles. The van der Waals surface area contributed by atoms with Crippen molar-refractivity contribution in [3.05, 3.63) is 23.8 Å². The molecular formula is C13H17F3N2O2S. The van der Waals surface area contributed by atoms with Crippen LogP contribution < -0.4 is 10.0 Å². The van der Waals surface area contributed by atoms with E-state index in [4.69, 9.17) is 5.73 Å². The van der Waals surface area contributed by atoms with Gasteiger partial charge < -0.3 is 5.73 Å². The second kappa shape index (κ2) is 5.75. The number of alkyl halides is 3. The van der Waals surface area contributed by atoms with Crippen LogP contribution in [0.3, 0.4) is 0 Å². The van der Waals surface area contributed by atoms with E-state index in [1.54, 1.807) is 18.2 Å². The zero-order valence-electron chi connectivity index (χ0n) is 11.4. The number of nitrogens with zero attached hydrogens (tertiary/aromatic N) is 1. The lowest BCUT2D eigenvalue weighted by Crippen LogP contribution is -2.37. The highest BCUT2D eigenvalue weighted by Gasteiger charge is 2.31. The molecule has 0 radical (unpaired) electrons. The minimum Gasteiger partial charge on any atom is -0.399 e. The van der Waals surface area contributed by atoms with Gasteiger partial charge in [-0.1, -0.05) is 0 Å². The Labute approximate surface area is 121 Å². The van der Waals surface area contributed by atoms with Gasteiger partial charge in [0.15, 0.2) is 0 Å². The number of rotatable bonds is 4. The van der Waals surface area contributed by atoms with Gasteiger partial charge in [-0.25, -0.2) is 8.42 Å². The van der Waals surface area contributed by atoms with Crippen LogP contribution in [-0.2, 0) is 16.4 Å². The van der Waals surface area contributed by atoms with Crippen molar-refractivity contribution in [2.75, 3.05) is 22.3 Å². The number of hydrogen-bond acceptors (Lipinski definition) is 3. The van der Waals surface area contributed by atoms with Gasteiger partial charge in [-0.15, -0.1) is 0 Å². The third-order valence-electron chi connectivity index (χ3n) is 3.38. The third kappa shape index (κ3) is 4.03. The van der Waals surface area contributed by atoms with Crippen LogP contribution in [-0.4, -0.2) is 26.9 Å². The van der Waals surface area contributed by atoms with E-state index in [0.29, 0.717) is 24.3 Å². The molecule has 2 rings (SSSR count). The Morgan fingerprint density at radius 3 is 2.67 bits per heavy atom. The molecule has 0 atom stereocenters. The van der Waals surface area contributed by atoms with Gasteiger partial charge in [-0.3, -0.25) is 4.31 Å². The van der Waals surface area contributed by atoms with Gasteiger partial charge in [0.25, 0.3) is 0 Å². The molecule has 1 heterocycles. The maximum atomic E-state index is 12.2. The zero-order chi connectivity index (χ0) is 15.7. The van der Waals surface area contributed by atoms with Gasteiger partial charge in [0.05, 0.1) is 11.4 Å². The fraction of sp³-hybridized carbons (Fsp3) is 0.538. The van der Waals surface area contributed by atoms with E-state index in [9.17, 15) is 21.6 Å². The summed E-state index contributed by atoms with van der Waals surface area (Å²) >= 11 is 0. The molecule has 8 heteroatoms. The average Bonchev–Trinajstić information content (AvgIpc) is 2.35. The number of sulfonamides is 1. The first-order valence-corrected chi connectivity index (χ1v) is 8.25. The lowest BCUT2D eigenvalue weighted by Gasteiger charge is -2.30. The van der Waals surface area contributed by atoms with Gasteiger partial charge >= 0.3 is 6.18 Å². The van der Waals surface area contributed by atoms with Crippen molar-refractivity contribution in [1.82, 2.24) is 0 Å². The first-order chi connectivity index (χ1) is 9.69. The minimum atomic E-state index is -4.33. The molecule has 0 saturated carbocycles. The molecule has 0 aromatic heterocycles. The maximum Gasteiger partial charge on any atom is 0.389 e. The maximum absolute atomic E-state index is 12.2. The molecule has 1 aliphatic rings. The Bertz CT molecular complexity index is 614. The summed E-state index contributed by atoms with van der Waals surface area (Å²) in [6.45, 7) is 0.297. The van der Waals surface area contributed by atoms with Crippen LogP contribution in [0.4, 0.5) is 24.5 Å². The van der Waals surface area contributed by atoms with Crippen LogP contribution >= 0.6 is 0 Å². The topological polar surface area (TPSA) is 63.4 Å². The quantitative estimate of drug-likeness (QED) is 0.867. The predicted octanol–water partition coefficient (Wildman–Crippen LogP) is 2.69. The molecule has 4 nitrogen and oxygen atoms in total. The smallest absolute Gasteiger partial charge is 0.389 e. The van der Waals surface area contributed by atoms with Crippen LogP contribution in [0.5, 0.6) is 0 Å². The number of nitrogen functional groups attached to an aromatic ring is 1. The van der Waals surface area contributed by atoms with Crippen LogP contribution in [0.15, 0.2) is 18.2 Å². The molecule has 0 amide bonds. The highest BCUT2D eigenvalue weighted by atomic mass is 32.2. The van der Waals surface area contributed by atoms with E-state index < -0.39 is 34.8 Å². The Morgan fingerprint density at radius 2 is 2.00 bits per heavy atom. The van der Waals surface area contributed by atoms with Gasteiger partial charge in [-0.05, 0) is 43.0 Å². The van der Waals surface area contributed by atoms with Crippen molar-refractivity contribution >= 4 is 21.4 Å². The first-order valence-electron chi connectivity index (χ1n) is 6.65. The standard InChI is InChI=1S/C13H17F3N2O2S/c14-13(15,16)6-2-8-21(19,20)18-7-1-3-10-9-11(17)4-5-12(10)18/h4-5,9H,1-3,6-8,17H2. The third-order valence-corrected chi connectivity index (χ3v) is 5.23. The molecule has 0 fully saturated rings. The summed E-state index contributed by atoms with van der Waals surface area (Å²) in [4.78, 5) is 0. The summed E-state index contributed by atoms with van der Waals surface area (Å²) in [7, 11) is -3.74. The predicted molar refractivity (Wildman–Crippen MR) is 75.6 cm³/mol. The Balaban J connectivity index is 2.15. The summed E-state index contributed by atoms with van der Waals surface area (Å²) in [6.07, 6.45) is -4.49. The largest absolute Gasteiger partial charge is 0.399 e. The van der Waals surface area contributed by atoms with E-state index in [0.717, 1.165) is 12.0 Å². The summed E-state index contributed by atoms with van der Waals surface area (Å²) in [6, 6.07) is 4.93. The molecule has 1 aromatic rings. The molecule has 0 bridgehead atoms. The van der Waals surface area contributed by atoms with Crippen molar-refractivity contribution in [1.29, 1.82) is 0 Å². The number of aryl methyl sites for hydroxylation is 1. The Hall–Kier alpha value is -1.44. The fourth-order valence-corrected chi connectivity index (χ4v) is 4.05. The lowest BCUT2D eigenvalue weighted by molar-refractivity contribution is -0.134. The summed E-state index contributed by atoms with van der Waals surface area (Å²) in [5, 5.41) is 0. The average molecular weight is 322 g/mol. The highest BCUT2D eigenvalue weighted by molar-refractivity contribution is 7.92. The van der Waals surface area contributed by atoms with Crippen LogP contribution in [0.1, 0.15) is 24.8 Å². The lowest BCUT2D eigenvalue weighted by atomic mass is 10.0. The van der Waals surface area contributed by atoms with Gasteiger partial charge in [-0.2, -0.15) is 13.2 Å². The van der Waals surface area contributed by atoms with Crippen LogP contribution in [0.2, 0.25) is 0 Å². The van der Waals surface area contributed by atoms with Crippen LogP contribution in [0.25, 0.3) is 0 Å². The van der Waals surface area contributed by atoms with E-state index in [2.05, 4.69) is 0 Å². The molecule has 0 unspecified atom stereocenters. The minimum absolute atomic E-state index is 0.297. The number of nitrogens with two attached hydrogens (primary N) is 1. The highest BCUT2D eigenvalue weighted by Crippen LogP contribution is 2.31. The van der Waals surface area contributed by atoms with Crippen molar-refractivity contribution in [2.45, 2.75) is 31.9 Å². The monoisotopic (exact) mass is 322 g/mol. The van der Waals surface area contributed by atoms with E-state index in [1.807, 2.05) is 0 Å². The summed E-state index contributed by atoms with van der Waals surface area (Å²) in [5.41, 5.74) is 7.57. The Morgan fingerprint density at radius 1 is 1.29 bits per heavy atom. The summed E-state index contributed by atoms with van der Waals surface area (Å²) in [5.74, 6) is -0.504. The molecule has 0 saturated heterocycles. The number of benzene rings is 1. The van der Waals surface area contributed by atoms with Crippen LogP contribution in [0, 0.1) is 0 Å². The van der Waals surface area contributed by atoms with Gasteiger partial charge in [0.1, 0.15) is 0 Å². The second-order valence-corrected chi connectivity index (χ2v) is 7.11. The molecule has 1 aliphatic heterocycles. The SMILES string of the molecule is Nc1ccc2c(c1)CCCN2S(=O)(=O)CCCC(F)(F)F. The van der Waals surface area contributed by atoms with E-state index >= 15 is 0 Å². The van der Waals surface area contributed by atoms with Crippen molar-refractivity contribution in [3.8, 4) is 0 Å². The zero-order valence-corrected chi connectivity index (χ0v) is 12.2. The van der Waals surface area contributed by atoms with Crippen molar-refractivity contribution < 1.29 is 21.6 Å². The van der Waals surface area contributed by atoms with Gasteiger partial charge in [0, 0.05) is 18.7 Å². The molecule has 2 N–H and O–H groups in total. The molecule has 118 valence electrons. The molecule has 1 aromatic carbocycles.